The van der Waals surface area contributed by atoms with Gasteiger partial charge in [-0.3, -0.25) is 0 Å². The molecule has 0 N–H and O–H groups in total. The molecule has 25 heavy (non-hydrogen) atoms. The predicted molar refractivity (Wildman–Crippen MR) is 102 cm³/mol. The van der Waals surface area contributed by atoms with Crippen molar-refractivity contribution in [2.24, 2.45) is 0 Å². The van der Waals surface area contributed by atoms with Crippen LogP contribution in [0.15, 0.2) is 99.6 Å². The molecule has 0 bridgehead atoms. The van der Waals surface area contributed by atoms with Gasteiger partial charge >= 0.3 is 0 Å². The van der Waals surface area contributed by atoms with E-state index in [1.807, 2.05) is 6.07 Å². The van der Waals surface area contributed by atoms with Crippen molar-refractivity contribution in [2.75, 3.05) is 0 Å². The number of ether oxygens (including phenoxy) is 1. The molecule has 0 atom stereocenters. The Morgan fingerprint density at radius 1 is 0.640 bits per heavy atom. The summed E-state index contributed by atoms with van der Waals surface area (Å²) < 4.78 is 6.26. The topological polar surface area (TPSA) is 9.23 Å². The first-order valence-corrected chi connectivity index (χ1v) is 9.39. The lowest BCUT2D eigenvalue weighted by molar-refractivity contribution is -0.00000890. The Morgan fingerprint density at radius 3 is 1.56 bits per heavy atom. The Labute approximate surface area is 159 Å². The maximum Gasteiger partial charge on any atom is 0.208 e. The Kier molecular flexibility index (Phi) is 6.57. The second-order valence-corrected chi connectivity index (χ2v) is 8.59. The van der Waals surface area contributed by atoms with Crippen molar-refractivity contribution in [1.82, 2.24) is 0 Å². The molecule has 0 fully saturated rings. The molecule has 3 aromatic carbocycles. The monoisotopic (exact) mass is 370 g/mol. The van der Waals surface area contributed by atoms with Crippen molar-refractivity contribution in [1.29, 1.82) is 0 Å². The van der Waals surface area contributed by atoms with Crippen LogP contribution in [0.5, 0.6) is 5.75 Å². The molecule has 0 spiro atoms. The summed E-state index contributed by atoms with van der Waals surface area (Å²) in [5, 5.41) is 0. The normalized spacial score (nSPS) is 11.0. The van der Waals surface area contributed by atoms with Gasteiger partial charge in [0.1, 0.15) is 16.5 Å². The summed E-state index contributed by atoms with van der Waals surface area (Å²) in [5.74, 6) is 0.959. The first kappa shape index (κ1) is 19.4. The highest BCUT2D eigenvalue weighted by molar-refractivity contribution is 7.97. The molecule has 0 saturated carbocycles. The molecule has 0 aromatic heterocycles. The lowest BCUT2D eigenvalue weighted by Crippen LogP contribution is -3.00. The Balaban J connectivity index is 0.00000225. The van der Waals surface area contributed by atoms with Gasteiger partial charge in [-0.05, 0) is 57.2 Å². The molecule has 0 saturated heterocycles. The van der Waals surface area contributed by atoms with Gasteiger partial charge in [0.2, 0.25) is 4.90 Å². The first-order valence-electron chi connectivity index (χ1n) is 8.17. The molecule has 0 heterocycles. The predicted octanol–water partition coefficient (Wildman–Crippen LogP) is 2.96. The van der Waals surface area contributed by atoms with Gasteiger partial charge in [0.15, 0.2) is 15.5 Å². The van der Waals surface area contributed by atoms with Crippen LogP contribution in [0.2, 0.25) is 0 Å². The molecule has 1 nitrogen and oxygen atoms in total. The first-order chi connectivity index (χ1) is 11.5. The second kappa shape index (κ2) is 8.46. The summed E-state index contributed by atoms with van der Waals surface area (Å²) >= 11 is 0. The van der Waals surface area contributed by atoms with E-state index in [1.54, 1.807) is 0 Å². The number of hydrogen-bond acceptors (Lipinski definition) is 1. The third kappa shape index (κ3) is 5.04. The van der Waals surface area contributed by atoms with Crippen LogP contribution in [0, 0.1) is 0 Å². The van der Waals surface area contributed by atoms with E-state index in [2.05, 4.69) is 99.6 Å². The smallest absolute Gasteiger partial charge is 0.208 e. The van der Waals surface area contributed by atoms with Crippen molar-refractivity contribution in [2.45, 2.75) is 41.1 Å². The molecule has 0 aliphatic rings. The van der Waals surface area contributed by atoms with Gasteiger partial charge in [-0.25, -0.2) is 0 Å². The van der Waals surface area contributed by atoms with E-state index in [9.17, 15) is 0 Å². The molecular weight excluding hydrogens is 348 g/mol. The van der Waals surface area contributed by atoms with Crippen molar-refractivity contribution < 1.29 is 17.1 Å². The van der Waals surface area contributed by atoms with Crippen LogP contribution in [0.1, 0.15) is 20.8 Å². The number of halogens is 1. The van der Waals surface area contributed by atoms with Crippen molar-refractivity contribution in [3.63, 3.8) is 0 Å². The highest BCUT2D eigenvalue weighted by Crippen LogP contribution is 2.37. The van der Waals surface area contributed by atoms with Crippen molar-refractivity contribution in [3.8, 4) is 5.75 Å². The molecule has 0 unspecified atom stereocenters. The third-order valence-electron chi connectivity index (χ3n) is 3.44. The summed E-state index contributed by atoms with van der Waals surface area (Å²) in [6.07, 6.45) is 0. The van der Waals surface area contributed by atoms with Crippen molar-refractivity contribution >= 4 is 10.9 Å². The van der Waals surface area contributed by atoms with E-state index < -0.39 is 0 Å². The lowest BCUT2D eigenvalue weighted by Gasteiger charge is -2.22. The summed E-state index contributed by atoms with van der Waals surface area (Å²) in [4.78, 5) is 3.83. The molecule has 0 radical (unpaired) electrons. The van der Waals surface area contributed by atoms with Gasteiger partial charge in [0, 0.05) is 0 Å². The zero-order valence-electron chi connectivity index (χ0n) is 14.8. The Bertz CT molecular complexity index is 742. The van der Waals surface area contributed by atoms with E-state index in [4.69, 9.17) is 4.74 Å². The minimum atomic E-state index is -0.224. The van der Waals surface area contributed by atoms with Gasteiger partial charge in [-0.2, -0.15) is 0 Å². The van der Waals surface area contributed by atoms with Gasteiger partial charge in [0.25, 0.3) is 0 Å². The number of benzene rings is 3. The number of hydrogen-bond donors (Lipinski definition) is 0. The van der Waals surface area contributed by atoms with Crippen LogP contribution in [0.25, 0.3) is 0 Å². The molecule has 0 aliphatic heterocycles. The number of rotatable bonds is 4. The van der Waals surface area contributed by atoms with Crippen molar-refractivity contribution in [3.05, 3.63) is 84.9 Å². The summed E-state index contributed by atoms with van der Waals surface area (Å²) in [6.45, 7) is 6.27. The Morgan fingerprint density at radius 2 is 1.08 bits per heavy atom. The molecule has 3 rings (SSSR count). The largest absolute Gasteiger partial charge is 1.00 e. The second-order valence-electron chi connectivity index (χ2n) is 6.59. The maximum atomic E-state index is 6.26. The minimum Gasteiger partial charge on any atom is -1.00 e. The molecular formula is C22H23ClOS. The SMILES string of the molecule is CC(C)(C)Oc1ccccc1[S+](c1ccccc1)c1ccccc1.[Cl-]. The number of para-hydroxylation sites is 1. The highest BCUT2D eigenvalue weighted by Gasteiger charge is 2.32. The maximum absolute atomic E-state index is 6.26. The summed E-state index contributed by atoms with van der Waals surface area (Å²) in [6, 6.07) is 29.7. The van der Waals surface area contributed by atoms with E-state index in [1.165, 1.54) is 14.7 Å². The van der Waals surface area contributed by atoms with Gasteiger partial charge in [0.05, 0.1) is 0 Å². The fourth-order valence-corrected chi connectivity index (χ4v) is 4.70. The van der Waals surface area contributed by atoms with Crippen LogP contribution in [-0.2, 0) is 10.9 Å². The highest BCUT2D eigenvalue weighted by atomic mass is 35.5. The van der Waals surface area contributed by atoms with Crippen LogP contribution in [0.4, 0.5) is 0 Å². The summed E-state index contributed by atoms with van der Waals surface area (Å²) in [7, 11) is -0.186. The zero-order chi connectivity index (χ0) is 17.0. The average Bonchev–Trinajstić information content (AvgIpc) is 2.57. The zero-order valence-corrected chi connectivity index (χ0v) is 16.3. The van der Waals surface area contributed by atoms with Gasteiger partial charge < -0.3 is 17.1 Å². The molecule has 0 amide bonds. The van der Waals surface area contributed by atoms with Crippen LogP contribution >= 0.6 is 0 Å². The van der Waals surface area contributed by atoms with Gasteiger partial charge in [-0.1, -0.05) is 48.5 Å². The average molecular weight is 371 g/mol. The van der Waals surface area contributed by atoms with Crippen LogP contribution in [-0.4, -0.2) is 5.60 Å². The van der Waals surface area contributed by atoms with Crippen LogP contribution in [0.3, 0.4) is 0 Å². The molecule has 3 heteroatoms. The fourth-order valence-electron chi connectivity index (χ4n) is 2.54. The lowest BCUT2D eigenvalue weighted by atomic mass is 10.2. The molecule has 0 aliphatic carbocycles. The van der Waals surface area contributed by atoms with E-state index in [0.717, 1.165) is 5.75 Å². The molecule has 3 aromatic rings. The fraction of sp³-hybridized carbons (Fsp3) is 0.182. The van der Waals surface area contributed by atoms with Crippen LogP contribution < -0.4 is 17.1 Å². The van der Waals surface area contributed by atoms with Gasteiger partial charge in [-0.15, -0.1) is 0 Å². The summed E-state index contributed by atoms with van der Waals surface area (Å²) in [5.41, 5.74) is -0.224. The standard InChI is InChI=1S/C22H23OS.ClH/c1-22(2,3)23-20-16-10-11-17-21(20)24(18-12-6-4-7-13-18)19-14-8-5-9-15-19;/h4-17H,1-3H3;1H/q+1;/p-1. The molecule has 130 valence electrons. The van der Waals surface area contributed by atoms with E-state index >= 15 is 0 Å². The minimum absolute atomic E-state index is 0. The Hall–Kier alpha value is -1.90. The van der Waals surface area contributed by atoms with E-state index in [0.29, 0.717) is 0 Å². The third-order valence-corrected chi connectivity index (χ3v) is 5.71. The quantitative estimate of drug-likeness (QED) is 0.641. The van der Waals surface area contributed by atoms with E-state index in [-0.39, 0.29) is 28.9 Å².